The quantitative estimate of drug-likeness (QED) is 0.651. The summed E-state index contributed by atoms with van der Waals surface area (Å²) in [4.78, 5) is 2.60. The minimum absolute atomic E-state index is 0.773. The second-order valence-electron chi connectivity index (χ2n) is 6.10. The third kappa shape index (κ3) is 4.23. The summed E-state index contributed by atoms with van der Waals surface area (Å²) in [6, 6.07) is 1.64. The molecule has 0 radical (unpaired) electrons. The molecule has 3 fully saturated rings. The zero-order valence-corrected chi connectivity index (χ0v) is 10.9. The number of nitrogens with zero attached hydrogens (tertiary/aromatic N) is 1. The molecule has 1 aliphatic heterocycles. The van der Waals surface area contributed by atoms with Crippen molar-refractivity contribution in [1.82, 2.24) is 10.2 Å². The average molecular weight is 238 g/mol. The predicted octanol–water partition coefficient (Wildman–Crippen LogP) is 1.63. The Morgan fingerprint density at radius 1 is 1.06 bits per heavy atom. The number of likely N-dealkylation sites (tertiary alicyclic amines) is 1. The van der Waals surface area contributed by atoms with Crippen molar-refractivity contribution in [1.29, 1.82) is 0 Å². The Labute approximate surface area is 105 Å². The lowest BCUT2D eigenvalue weighted by Gasteiger charge is -2.16. The maximum Gasteiger partial charge on any atom is 0.0494 e. The maximum atomic E-state index is 5.68. The Kier molecular flexibility index (Phi) is 3.99. The SMILES string of the molecule is C(COCC1CC1)CN1CCC(NC2CC2)C1. The molecule has 1 atom stereocenters. The van der Waals surface area contributed by atoms with E-state index in [2.05, 4.69) is 10.2 Å². The highest BCUT2D eigenvalue weighted by Crippen LogP contribution is 2.28. The van der Waals surface area contributed by atoms with Gasteiger partial charge in [0, 0.05) is 38.4 Å². The largest absolute Gasteiger partial charge is 0.381 e. The van der Waals surface area contributed by atoms with Crippen LogP contribution in [0.5, 0.6) is 0 Å². The molecule has 3 aliphatic rings. The van der Waals surface area contributed by atoms with E-state index in [0.29, 0.717) is 0 Å². The molecule has 3 nitrogen and oxygen atoms in total. The van der Waals surface area contributed by atoms with E-state index in [1.165, 1.54) is 58.2 Å². The molecular formula is C14H26N2O. The topological polar surface area (TPSA) is 24.5 Å². The summed E-state index contributed by atoms with van der Waals surface area (Å²) in [5.41, 5.74) is 0. The standard InChI is InChI=1S/C14H26N2O/c1(9-17-11-12-2-3-12)7-16-8-6-14(10-16)15-13-4-5-13/h12-15H,1-11H2. The molecular weight excluding hydrogens is 212 g/mol. The first kappa shape index (κ1) is 11.9. The second-order valence-corrected chi connectivity index (χ2v) is 6.10. The lowest BCUT2D eigenvalue weighted by atomic mass is 10.2. The minimum atomic E-state index is 0.773. The van der Waals surface area contributed by atoms with E-state index in [1.54, 1.807) is 0 Å². The maximum absolute atomic E-state index is 5.68. The molecule has 2 saturated carbocycles. The van der Waals surface area contributed by atoms with Crippen LogP contribution in [-0.4, -0.2) is 49.8 Å². The smallest absolute Gasteiger partial charge is 0.0494 e. The van der Waals surface area contributed by atoms with E-state index >= 15 is 0 Å². The lowest BCUT2D eigenvalue weighted by molar-refractivity contribution is 0.114. The van der Waals surface area contributed by atoms with E-state index in [9.17, 15) is 0 Å². The van der Waals surface area contributed by atoms with Crippen LogP contribution in [0.3, 0.4) is 0 Å². The van der Waals surface area contributed by atoms with E-state index in [1.807, 2.05) is 0 Å². The van der Waals surface area contributed by atoms with Gasteiger partial charge < -0.3 is 15.0 Å². The van der Waals surface area contributed by atoms with Crippen molar-refractivity contribution in [3.05, 3.63) is 0 Å². The predicted molar refractivity (Wildman–Crippen MR) is 69.2 cm³/mol. The summed E-state index contributed by atoms with van der Waals surface area (Å²) in [7, 11) is 0. The van der Waals surface area contributed by atoms with Gasteiger partial charge in [-0.25, -0.2) is 0 Å². The van der Waals surface area contributed by atoms with Crippen LogP contribution < -0.4 is 5.32 Å². The molecule has 1 unspecified atom stereocenters. The Morgan fingerprint density at radius 3 is 2.71 bits per heavy atom. The second kappa shape index (κ2) is 5.68. The molecule has 3 heteroatoms. The third-order valence-corrected chi connectivity index (χ3v) is 4.13. The zero-order valence-electron chi connectivity index (χ0n) is 10.9. The van der Waals surface area contributed by atoms with Crippen LogP contribution in [0, 0.1) is 5.92 Å². The molecule has 1 N–H and O–H groups in total. The number of hydrogen-bond acceptors (Lipinski definition) is 3. The van der Waals surface area contributed by atoms with Gasteiger partial charge in [-0.1, -0.05) is 0 Å². The monoisotopic (exact) mass is 238 g/mol. The zero-order chi connectivity index (χ0) is 11.5. The Morgan fingerprint density at radius 2 is 1.94 bits per heavy atom. The van der Waals surface area contributed by atoms with Gasteiger partial charge >= 0.3 is 0 Å². The molecule has 0 spiro atoms. The van der Waals surface area contributed by atoms with Crippen molar-refractivity contribution < 1.29 is 4.74 Å². The van der Waals surface area contributed by atoms with E-state index < -0.39 is 0 Å². The van der Waals surface area contributed by atoms with Gasteiger partial charge in [0.2, 0.25) is 0 Å². The van der Waals surface area contributed by atoms with Gasteiger partial charge in [0.15, 0.2) is 0 Å². The first-order valence-electron chi connectivity index (χ1n) is 7.46. The molecule has 0 aromatic rings. The summed E-state index contributed by atoms with van der Waals surface area (Å²) in [5, 5.41) is 3.73. The lowest BCUT2D eigenvalue weighted by Crippen LogP contribution is -2.34. The number of hydrogen-bond donors (Lipinski definition) is 1. The molecule has 1 saturated heterocycles. The Hall–Kier alpha value is -0.120. The van der Waals surface area contributed by atoms with Crippen LogP contribution >= 0.6 is 0 Å². The highest BCUT2D eigenvalue weighted by atomic mass is 16.5. The van der Waals surface area contributed by atoms with Crippen molar-refractivity contribution in [3.63, 3.8) is 0 Å². The summed E-state index contributed by atoms with van der Waals surface area (Å²) in [6.45, 7) is 5.76. The summed E-state index contributed by atoms with van der Waals surface area (Å²) >= 11 is 0. The first-order valence-corrected chi connectivity index (χ1v) is 7.46. The van der Waals surface area contributed by atoms with Crippen LogP contribution in [-0.2, 0) is 4.74 Å². The number of rotatable bonds is 8. The van der Waals surface area contributed by atoms with Gasteiger partial charge in [-0.05, 0) is 51.0 Å². The van der Waals surface area contributed by atoms with Crippen LogP contribution in [0.1, 0.15) is 38.5 Å². The molecule has 0 aromatic carbocycles. The molecule has 2 aliphatic carbocycles. The van der Waals surface area contributed by atoms with E-state index in [0.717, 1.165) is 31.2 Å². The van der Waals surface area contributed by atoms with E-state index in [-0.39, 0.29) is 0 Å². The van der Waals surface area contributed by atoms with Crippen molar-refractivity contribution in [2.75, 3.05) is 32.8 Å². The minimum Gasteiger partial charge on any atom is -0.381 e. The van der Waals surface area contributed by atoms with Gasteiger partial charge in [-0.3, -0.25) is 0 Å². The van der Waals surface area contributed by atoms with Gasteiger partial charge in [0.05, 0.1) is 0 Å². The molecule has 0 amide bonds. The molecule has 0 aromatic heterocycles. The third-order valence-electron chi connectivity index (χ3n) is 4.13. The average Bonchev–Trinajstić information content (AvgIpc) is 3.21. The van der Waals surface area contributed by atoms with Gasteiger partial charge in [-0.2, -0.15) is 0 Å². The fourth-order valence-corrected chi connectivity index (χ4v) is 2.68. The molecule has 17 heavy (non-hydrogen) atoms. The van der Waals surface area contributed by atoms with Crippen LogP contribution in [0.15, 0.2) is 0 Å². The Balaban J connectivity index is 1.20. The van der Waals surface area contributed by atoms with Gasteiger partial charge in [0.1, 0.15) is 0 Å². The van der Waals surface area contributed by atoms with Crippen molar-refractivity contribution in [2.24, 2.45) is 5.92 Å². The molecule has 98 valence electrons. The number of ether oxygens (including phenoxy) is 1. The van der Waals surface area contributed by atoms with Crippen molar-refractivity contribution in [2.45, 2.75) is 50.6 Å². The fraction of sp³-hybridized carbons (Fsp3) is 1.00. The van der Waals surface area contributed by atoms with Crippen LogP contribution in [0.4, 0.5) is 0 Å². The first-order chi connectivity index (χ1) is 8.40. The normalized spacial score (nSPS) is 30.0. The highest BCUT2D eigenvalue weighted by molar-refractivity contribution is 4.89. The molecule has 0 bridgehead atoms. The van der Waals surface area contributed by atoms with E-state index in [4.69, 9.17) is 4.74 Å². The van der Waals surface area contributed by atoms with Crippen molar-refractivity contribution >= 4 is 0 Å². The van der Waals surface area contributed by atoms with Crippen LogP contribution in [0.25, 0.3) is 0 Å². The highest BCUT2D eigenvalue weighted by Gasteiger charge is 2.28. The molecule has 1 heterocycles. The van der Waals surface area contributed by atoms with Gasteiger partial charge in [-0.15, -0.1) is 0 Å². The number of nitrogens with one attached hydrogen (secondary N) is 1. The van der Waals surface area contributed by atoms with Crippen molar-refractivity contribution in [3.8, 4) is 0 Å². The Bertz CT molecular complexity index is 238. The van der Waals surface area contributed by atoms with Gasteiger partial charge in [0.25, 0.3) is 0 Å². The summed E-state index contributed by atoms with van der Waals surface area (Å²) < 4.78 is 5.68. The summed E-state index contributed by atoms with van der Waals surface area (Å²) in [6.07, 6.45) is 8.18. The summed E-state index contributed by atoms with van der Waals surface area (Å²) in [5.74, 6) is 0.911. The fourth-order valence-electron chi connectivity index (χ4n) is 2.68. The van der Waals surface area contributed by atoms with Crippen LogP contribution in [0.2, 0.25) is 0 Å². The molecule has 3 rings (SSSR count).